The zero-order valence-corrected chi connectivity index (χ0v) is 18.0. The summed E-state index contributed by atoms with van der Waals surface area (Å²) < 4.78 is 11.8. The zero-order chi connectivity index (χ0) is 20.7. The standard InChI is InChI=1S/C21H31B2N3O3/c1-3-10-28-25-13-14-4-5-15-12-19(8-6-16(27-2)7-9-19)20(17(15)11-14)21(22,23)29-18(24)26-20/h4-5,11,13,16H,3,6-10,12,22-23H2,1-2H3,(H2,24,26)/b25-13+/t16-,19-,20?. The third-order valence-electron chi connectivity index (χ3n) is 7.12. The van der Waals surface area contributed by atoms with E-state index >= 15 is 0 Å². The molecule has 1 aromatic carbocycles. The average Bonchev–Trinajstić information content (AvgIpc) is 3.10. The summed E-state index contributed by atoms with van der Waals surface area (Å²) in [7, 11) is 6.06. The van der Waals surface area contributed by atoms with Crippen molar-refractivity contribution in [3.05, 3.63) is 34.9 Å². The highest BCUT2D eigenvalue weighted by atomic mass is 16.6. The number of hydrogen-bond acceptors (Lipinski definition) is 6. The van der Waals surface area contributed by atoms with Crippen molar-refractivity contribution in [1.82, 2.24) is 0 Å². The first-order valence-corrected chi connectivity index (χ1v) is 10.7. The first-order valence-electron chi connectivity index (χ1n) is 10.7. The summed E-state index contributed by atoms with van der Waals surface area (Å²) in [5.41, 5.74) is 9.24. The number of nitrogens with two attached hydrogens (primary N) is 1. The molecule has 4 rings (SSSR count). The molecule has 1 saturated carbocycles. The van der Waals surface area contributed by atoms with Gasteiger partial charge in [0.25, 0.3) is 6.02 Å². The molecule has 3 aliphatic rings. The lowest BCUT2D eigenvalue weighted by Crippen LogP contribution is -2.59. The molecule has 2 aliphatic carbocycles. The molecule has 6 nitrogen and oxygen atoms in total. The molecule has 0 saturated heterocycles. The summed E-state index contributed by atoms with van der Waals surface area (Å²) in [6.45, 7) is 2.69. The summed E-state index contributed by atoms with van der Waals surface area (Å²) in [6.07, 6.45) is 8.22. The number of methoxy groups -OCH3 is 1. The fourth-order valence-corrected chi connectivity index (χ4v) is 5.90. The van der Waals surface area contributed by atoms with Crippen LogP contribution >= 0.6 is 0 Å². The molecular formula is C21H31B2N3O3. The first-order chi connectivity index (χ1) is 13.9. The Bertz CT molecular complexity index is 834. The average molecular weight is 395 g/mol. The molecule has 0 aromatic heterocycles. The SMILES string of the molecule is BC1(B)OC(N)=NC12c1cc(/C=N/OCCC)ccc1C[C@]21CC[C@@H](OC)CC1. The normalized spacial score (nSPS) is 32.5. The van der Waals surface area contributed by atoms with E-state index in [1.165, 1.54) is 11.1 Å². The van der Waals surface area contributed by atoms with Gasteiger partial charge < -0.3 is 20.0 Å². The van der Waals surface area contributed by atoms with Crippen molar-refractivity contribution in [1.29, 1.82) is 0 Å². The van der Waals surface area contributed by atoms with Crippen molar-refractivity contribution in [2.24, 2.45) is 21.3 Å². The number of fused-ring (bicyclic) bond motifs is 3. The highest BCUT2D eigenvalue weighted by Crippen LogP contribution is 2.64. The Morgan fingerprint density at radius 3 is 2.72 bits per heavy atom. The van der Waals surface area contributed by atoms with E-state index in [1.54, 1.807) is 6.21 Å². The van der Waals surface area contributed by atoms with Crippen molar-refractivity contribution in [3.8, 4) is 0 Å². The lowest BCUT2D eigenvalue weighted by atomic mass is 9.45. The Morgan fingerprint density at radius 2 is 2.10 bits per heavy atom. The molecule has 1 unspecified atom stereocenters. The topological polar surface area (TPSA) is 78.4 Å². The maximum Gasteiger partial charge on any atom is 0.282 e. The molecule has 1 aliphatic heterocycles. The Kier molecular flexibility index (Phi) is 5.18. The molecule has 0 bridgehead atoms. The molecule has 1 atom stereocenters. The van der Waals surface area contributed by atoms with E-state index in [2.05, 4.69) is 46.0 Å². The molecule has 0 amide bonds. The Labute approximate surface area is 175 Å². The summed E-state index contributed by atoms with van der Waals surface area (Å²) in [4.78, 5) is 10.3. The molecule has 29 heavy (non-hydrogen) atoms. The number of ether oxygens (including phenoxy) is 2. The summed E-state index contributed by atoms with van der Waals surface area (Å²) >= 11 is 0. The van der Waals surface area contributed by atoms with Gasteiger partial charge in [-0.2, -0.15) is 0 Å². The first kappa shape index (κ1) is 20.3. The van der Waals surface area contributed by atoms with Gasteiger partial charge in [-0.1, -0.05) is 24.2 Å². The van der Waals surface area contributed by atoms with E-state index in [0.29, 0.717) is 18.7 Å². The number of oxime groups is 1. The minimum absolute atomic E-state index is 0.0105. The van der Waals surface area contributed by atoms with E-state index in [-0.39, 0.29) is 5.41 Å². The highest BCUT2D eigenvalue weighted by Gasteiger charge is 2.68. The molecule has 154 valence electrons. The Hall–Kier alpha value is -1.95. The second-order valence-electron chi connectivity index (χ2n) is 9.15. The predicted octanol–water partition coefficient (Wildman–Crippen LogP) is 1.04. The van der Waals surface area contributed by atoms with Crippen LogP contribution in [-0.4, -0.2) is 53.1 Å². The van der Waals surface area contributed by atoms with Crippen LogP contribution in [0.3, 0.4) is 0 Å². The van der Waals surface area contributed by atoms with Crippen LogP contribution in [0, 0.1) is 5.41 Å². The van der Waals surface area contributed by atoms with Crippen molar-refractivity contribution >= 4 is 27.9 Å². The van der Waals surface area contributed by atoms with Crippen LogP contribution in [0.15, 0.2) is 28.3 Å². The van der Waals surface area contributed by atoms with Gasteiger partial charge in [-0.05, 0) is 61.3 Å². The van der Waals surface area contributed by atoms with Crippen LogP contribution in [-0.2, 0) is 26.3 Å². The van der Waals surface area contributed by atoms with Gasteiger partial charge in [0.1, 0.15) is 12.1 Å². The zero-order valence-electron chi connectivity index (χ0n) is 18.0. The number of nitrogens with zero attached hydrogens (tertiary/aromatic N) is 2. The van der Waals surface area contributed by atoms with Crippen LogP contribution < -0.4 is 5.73 Å². The number of benzene rings is 1. The van der Waals surface area contributed by atoms with Gasteiger partial charge in [-0.3, -0.25) is 0 Å². The summed E-state index contributed by atoms with van der Waals surface area (Å²) in [6, 6.07) is 6.83. The van der Waals surface area contributed by atoms with Crippen molar-refractivity contribution in [2.45, 2.75) is 62.5 Å². The Morgan fingerprint density at radius 1 is 1.34 bits per heavy atom. The van der Waals surface area contributed by atoms with Crippen LogP contribution in [0.4, 0.5) is 0 Å². The van der Waals surface area contributed by atoms with Crippen molar-refractivity contribution in [2.75, 3.05) is 13.7 Å². The fraction of sp³-hybridized carbons (Fsp3) is 0.619. The van der Waals surface area contributed by atoms with E-state index < -0.39 is 10.9 Å². The predicted molar refractivity (Wildman–Crippen MR) is 120 cm³/mol. The maximum atomic E-state index is 6.17. The smallest absolute Gasteiger partial charge is 0.282 e. The quantitative estimate of drug-likeness (QED) is 0.350. The van der Waals surface area contributed by atoms with Gasteiger partial charge in [-0.15, -0.1) is 0 Å². The lowest BCUT2D eigenvalue weighted by molar-refractivity contribution is -0.0256. The number of hydrogen-bond donors (Lipinski definition) is 1. The van der Waals surface area contributed by atoms with Crippen LogP contribution in [0.5, 0.6) is 0 Å². The van der Waals surface area contributed by atoms with Gasteiger partial charge in [-0.25, -0.2) is 4.99 Å². The molecule has 8 heteroatoms. The molecule has 1 aromatic rings. The number of amidine groups is 1. The highest BCUT2D eigenvalue weighted by molar-refractivity contribution is 6.41. The van der Waals surface area contributed by atoms with E-state index in [4.69, 9.17) is 25.0 Å². The van der Waals surface area contributed by atoms with Crippen LogP contribution in [0.2, 0.25) is 0 Å². The molecule has 1 heterocycles. The molecule has 2 spiro atoms. The lowest BCUT2D eigenvalue weighted by Gasteiger charge is -2.51. The number of aliphatic imine (C=N–C) groups is 1. The maximum absolute atomic E-state index is 6.17. The molecule has 1 fully saturated rings. The summed E-state index contributed by atoms with van der Waals surface area (Å²) in [5.74, 6) is 0. The van der Waals surface area contributed by atoms with Crippen molar-refractivity contribution < 1.29 is 14.3 Å². The molecule has 2 N–H and O–H groups in total. The van der Waals surface area contributed by atoms with Crippen LogP contribution in [0.25, 0.3) is 0 Å². The number of rotatable bonds is 5. The van der Waals surface area contributed by atoms with Gasteiger partial charge in [0.15, 0.2) is 15.7 Å². The summed E-state index contributed by atoms with van der Waals surface area (Å²) in [5, 5.41) is 3.60. The fourth-order valence-electron chi connectivity index (χ4n) is 5.90. The largest absolute Gasteiger partial charge is 0.475 e. The second-order valence-corrected chi connectivity index (χ2v) is 9.15. The second kappa shape index (κ2) is 7.38. The van der Waals surface area contributed by atoms with Gasteiger partial charge in [0.05, 0.1) is 17.7 Å². The van der Waals surface area contributed by atoms with Crippen molar-refractivity contribution in [3.63, 3.8) is 0 Å². The minimum atomic E-state index is -0.517. The third kappa shape index (κ3) is 3.07. The van der Waals surface area contributed by atoms with E-state index in [1.807, 2.05) is 7.11 Å². The molecule has 0 radical (unpaired) electrons. The van der Waals surface area contributed by atoms with Gasteiger partial charge in [0.2, 0.25) is 0 Å². The monoisotopic (exact) mass is 395 g/mol. The van der Waals surface area contributed by atoms with Gasteiger partial charge >= 0.3 is 0 Å². The van der Waals surface area contributed by atoms with E-state index in [0.717, 1.165) is 44.1 Å². The van der Waals surface area contributed by atoms with Gasteiger partial charge in [0, 0.05) is 12.5 Å². The Balaban J connectivity index is 1.78. The minimum Gasteiger partial charge on any atom is -0.475 e. The van der Waals surface area contributed by atoms with Crippen LogP contribution in [0.1, 0.15) is 55.7 Å². The molecular weight excluding hydrogens is 364 g/mol. The van der Waals surface area contributed by atoms with E-state index in [9.17, 15) is 0 Å². The third-order valence-corrected chi connectivity index (χ3v) is 7.12.